The van der Waals surface area contributed by atoms with Gasteiger partial charge < -0.3 is 0 Å². The van der Waals surface area contributed by atoms with Gasteiger partial charge in [0.05, 0.1) is 11.0 Å². The molecule has 0 aliphatic carbocycles. The van der Waals surface area contributed by atoms with Crippen LogP contribution >= 0.6 is 0 Å². The van der Waals surface area contributed by atoms with E-state index in [2.05, 4.69) is 54.4 Å². The lowest BCUT2D eigenvalue weighted by atomic mass is 9.99. The number of benzene rings is 2. The predicted molar refractivity (Wildman–Crippen MR) is 84.0 cm³/mol. The summed E-state index contributed by atoms with van der Waals surface area (Å²) in [6, 6.07) is 14.8. The van der Waals surface area contributed by atoms with Crippen molar-refractivity contribution in [1.29, 1.82) is 0 Å². The summed E-state index contributed by atoms with van der Waals surface area (Å²) in [5.74, 6) is 0. The van der Waals surface area contributed by atoms with Gasteiger partial charge in [0.1, 0.15) is 0 Å². The summed E-state index contributed by atoms with van der Waals surface area (Å²) in [5.41, 5.74) is 4.29. The maximum absolute atomic E-state index is 4.76. The molecule has 2 aromatic carbocycles. The Morgan fingerprint density at radius 1 is 0.750 bits per heavy atom. The SMILES string of the molecule is Cc1cnc2c3ccccc3c3ccc(C)nc3c2c1. The third kappa shape index (κ3) is 1.51. The van der Waals surface area contributed by atoms with Crippen molar-refractivity contribution >= 4 is 32.6 Å². The Balaban J connectivity index is 2.41. The van der Waals surface area contributed by atoms with Crippen LogP contribution in [0.4, 0.5) is 0 Å². The molecule has 0 saturated heterocycles. The molecule has 0 bridgehead atoms. The average molecular weight is 258 g/mol. The van der Waals surface area contributed by atoms with Gasteiger partial charge in [-0.05, 0) is 36.9 Å². The Morgan fingerprint density at radius 3 is 2.35 bits per heavy atom. The van der Waals surface area contributed by atoms with E-state index in [-0.39, 0.29) is 0 Å². The lowest BCUT2D eigenvalue weighted by Gasteiger charge is -2.09. The van der Waals surface area contributed by atoms with Crippen LogP contribution in [0.15, 0.2) is 48.7 Å². The molecule has 0 unspecified atom stereocenters. The molecule has 4 rings (SSSR count). The first-order chi connectivity index (χ1) is 9.74. The Hall–Kier alpha value is -2.48. The van der Waals surface area contributed by atoms with Gasteiger partial charge in [-0.3, -0.25) is 9.97 Å². The highest BCUT2D eigenvalue weighted by molar-refractivity contribution is 6.22. The molecule has 0 saturated carbocycles. The summed E-state index contributed by atoms with van der Waals surface area (Å²) in [5, 5.41) is 4.76. The maximum Gasteiger partial charge on any atom is 0.0805 e. The van der Waals surface area contributed by atoms with Crippen molar-refractivity contribution < 1.29 is 0 Å². The van der Waals surface area contributed by atoms with Crippen molar-refractivity contribution in [2.24, 2.45) is 0 Å². The van der Waals surface area contributed by atoms with Gasteiger partial charge >= 0.3 is 0 Å². The zero-order valence-corrected chi connectivity index (χ0v) is 11.5. The quantitative estimate of drug-likeness (QED) is 0.432. The normalized spacial score (nSPS) is 11.5. The molecule has 2 nitrogen and oxygen atoms in total. The Labute approximate surface area is 117 Å². The van der Waals surface area contributed by atoms with Crippen LogP contribution in [-0.4, -0.2) is 9.97 Å². The lowest BCUT2D eigenvalue weighted by molar-refractivity contribution is 1.26. The second-order valence-corrected chi connectivity index (χ2v) is 5.30. The maximum atomic E-state index is 4.76. The summed E-state index contributed by atoms with van der Waals surface area (Å²) in [6.07, 6.45) is 1.93. The van der Waals surface area contributed by atoms with Crippen LogP contribution < -0.4 is 0 Å². The van der Waals surface area contributed by atoms with Crippen LogP contribution in [-0.2, 0) is 0 Å². The van der Waals surface area contributed by atoms with E-state index in [9.17, 15) is 0 Å². The van der Waals surface area contributed by atoms with Crippen molar-refractivity contribution in [1.82, 2.24) is 9.97 Å². The first kappa shape index (κ1) is 11.4. The number of pyridine rings is 2. The molecule has 0 fully saturated rings. The first-order valence-corrected chi connectivity index (χ1v) is 6.78. The minimum absolute atomic E-state index is 1.04. The molecular weight excluding hydrogens is 244 g/mol. The van der Waals surface area contributed by atoms with Crippen LogP contribution in [0.3, 0.4) is 0 Å². The monoisotopic (exact) mass is 258 g/mol. The number of fused-ring (bicyclic) bond motifs is 6. The van der Waals surface area contributed by atoms with Crippen molar-refractivity contribution in [2.45, 2.75) is 13.8 Å². The summed E-state index contributed by atoms with van der Waals surface area (Å²) in [6.45, 7) is 4.10. The fraction of sp³-hybridized carbons (Fsp3) is 0.111. The zero-order valence-electron chi connectivity index (χ0n) is 11.5. The summed E-state index contributed by atoms with van der Waals surface area (Å²) in [4.78, 5) is 9.40. The summed E-state index contributed by atoms with van der Waals surface area (Å²) in [7, 11) is 0. The highest BCUT2D eigenvalue weighted by Gasteiger charge is 2.10. The van der Waals surface area contributed by atoms with Crippen molar-refractivity contribution in [3.63, 3.8) is 0 Å². The highest BCUT2D eigenvalue weighted by atomic mass is 14.7. The second kappa shape index (κ2) is 4.01. The number of aryl methyl sites for hydroxylation is 2. The van der Waals surface area contributed by atoms with Gasteiger partial charge in [0.15, 0.2) is 0 Å². The Bertz CT molecular complexity index is 891. The van der Waals surface area contributed by atoms with Crippen molar-refractivity contribution in [3.8, 4) is 0 Å². The van der Waals surface area contributed by atoms with E-state index in [1.165, 1.54) is 16.2 Å². The molecule has 2 aromatic heterocycles. The minimum atomic E-state index is 1.04. The first-order valence-electron chi connectivity index (χ1n) is 6.78. The molecule has 0 aliphatic heterocycles. The fourth-order valence-corrected chi connectivity index (χ4v) is 2.87. The van der Waals surface area contributed by atoms with E-state index < -0.39 is 0 Å². The van der Waals surface area contributed by atoms with E-state index >= 15 is 0 Å². The van der Waals surface area contributed by atoms with Gasteiger partial charge in [0.25, 0.3) is 0 Å². The number of aromatic nitrogens is 2. The minimum Gasteiger partial charge on any atom is -0.255 e. The van der Waals surface area contributed by atoms with Crippen LogP contribution in [0.25, 0.3) is 32.6 Å². The zero-order chi connectivity index (χ0) is 13.7. The van der Waals surface area contributed by atoms with Gasteiger partial charge in [-0.15, -0.1) is 0 Å². The Morgan fingerprint density at radius 2 is 1.50 bits per heavy atom. The standard InChI is InChI=1S/C18H14N2/c1-11-9-16-17(19-10-11)14-6-4-3-5-13(14)15-8-7-12(2)20-18(15)16/h3-10H,1-2H3. The van der Waals surface area contributed by atoms with E-state index in [1.54, 1.807) is 0 Å². The van der Waals surface area contributed by atoms with Crippen molar-refractivity contribution in [3.05, 3.63) is 59.9 Å². The van der Waals surface area contributed by atoms with Crippen LogP contribution in [0.5, 0.6) is 0 Å². The summed E-state index contributed by atoms with van der Waals surface area (Å²) < 4.78 is 0. The van der Waals surface area contributed by atoms with E-state index in [0.29, 0.717) is 0 Å². The molecule has 0 amide bonds. The molecule has 0 spiro atoms. The number of nitrogens with zero attached hydrogens (tertiary/aromatic N) is 2. The predicted octanol–water partition coefficient (Wildman–Crippen LogP) is 4.55. The van der Waals surface area contributed by atoms with E-state index in [0.717, 1.165) is 27.7 Å². The van der Waals surface area contributed by atoms with Gasteiger partial charge in [0.2, 0.25) is 0 Å². The van der Waals surface area contributed by atoms with Gasteiger partial charge in [-0.25, -0.2) is 0 Å². The molecule has 0 atom stereocenters. The molecule has 20 heavy (non-hydrogen) atoms. The van der Waals surface area contributed by atoms with Crippen LogP contribution in [0.1, 0.15) is 11.3 Å². The number of hydrogen-bond acceptors (Lipinski definition) is 2. The third-order valence-corrected chi connectivity index (χ3v) is 3.79. The van der Waals surface area contributed by atoms with Crippen molar-refractivity contribution in [2.75, 3.05) is 0 Å². The largest absolute Gasteiger partial charge is 0.255 e. The van der Waals surface area contributed by atoms with Gasteiger partial charge in [-0.2, -0.15) is 0 Å². The molecular formula is C18H14N2. The topological polar surface area (TPSA) is 25.8 Å². The number of hydrogen-bond donors (Lipinski definition) is 0. The van der Waals surface area contributed by atoms with Crippen LogP contribution in [0, 0.1) is 13.8 Å². The van der Waals surface area contributed by atoms with Crippen LogP contribution in [0.2, 0.25) is 0 Å². The van der Waals surface area contributed by atoms with E-state index in [4.69, 9.17) is 4.98 Å². The average Bonchev–Trinajstić information content (AvgIpc) is 2.47. The molecule has 0 radical (unpaired) electrons. The fourth-order valence-electron chi connectivity index (χ4n) is 2.87. The van der Waals surface area contributed by atoms with Gasteiger partial charge in [0, 0.05) is 28.0 Å². The second-order valence-electron chi connectivity index (χ2n) is 5.30. The molecule has 2 heteroatoms. The number of rotatable bonds is 0. The Kier molecular flexibility index (Phi) is 2.27. The molecule has 2 heterocycles. The van der Waals surface area contributed by atoms with Gasteiger partial charge in [-0.1, -0.05) is 30.3 Å². The highest BCUT2D eigenvalue weighted by Crippen LogP contribution is 2.33. The third-order valence-electron chi connectivity index (χ3n) is 3.79. The lowest BCUT2D eigenvalue weighted by Crippen LogP contribution is -1.90. The summed E-state index contributed by atoms with van der Waals surface area (Å²) >= 11 is 0. The molecule has 0 aliphatic rings. The smallest absolute Gasteiger partial charge is 0.0805 e. The molecule has 4 aromatic rings. The molecule has 96 valence electrons. The van der Waals surface area contributed by atoms with E-state index in [1.807, 2.05) is 13.1 Å². The molecule has 0 N–H and O–H groups in total.